The van der Waals surface area contributed by atoms with Gasteiger partial charge in [-0.15, -0.1) is 0 Å². The molecule has 0 unspecified atom stereocenters. The number of ether oxygens (including phenoxy) is 2. The zero-order valence-corrected chi connectivity index (χ0v) is 21.2. The minimum atomic E-state index is -1.37. The first-order valence-corrected chi connectivity index (χ1v) is 13.7. The third kappa shape index (κ3) is 2.82. The molecule has 6 fully saturated rings. The standard InChI is InChI=1S/C27H41N3O4/c1-15-5-10-27(33-14-15)16(2)23-21(34-27)12-20-18-11-22(31)26(32)13-17(29-30-28)6-9-25(26,4)19(18)7-8-24(20,23)3/h15-21,23,32H,5-14H2,1-4H3/t15-,16+,17+,18-,19+,20+,21+,23+,24+,25-,26+,27-/m1/s1. The SMILES string of the molecule is C[C@@H]1CC[C@@]2(OC1)O[C@H]1C[C@H]3[C@@H]4CC(=O)[C@@]5(O)C[C@@H](N=[N+]=[N-])CC[C@]5(C)[C@H]4CC[C@]3(C)[C@H]1[C@@H]2C. The van der Waals surface area contributed by atoms with E-state index in [1.54, 1.807) is 0 Å². The first kappa shape index (κ1) is 23.3. The van der Waals surface area contributed by atoms with E-state index in [1.165, 1.54) is 0 Å². The second kappa shape index (κ2) is 7.44. The second-order valence-electron chi connectivity index (χ2n) is 13.4. The van der Waals surface area contributed by atoms with Crippen molar-refractivity contribution in [3.63, 3.8) is 0 Å². The lowest BCUT2D eigenvalue weighted by atomic mass is 9.42. The van der Waals surface area contributed by atoms with Crippen molar-refractivity contribution in [3.05, 3.63) is 10.4 Å². The normalized spacial score (nSPS) is 58.4. The van der Waals surface area contributed by atoms with E-state index in [4.69, 9.17) is 15.0 Å². The van der Waals surface area contributed by atoms with Gasteiger partial charge < -0.3 is 14.6 Å². The van der Waals surface area contributed by atoms with E-state index in [1.807, 2.05) is 0 Å². The molecule has 0 aromatic rings. The van der Waals surface area contributed by atoms with Crippen molar-refractivity contribution in [2.75, 3.05) is 6.61 Å². The van der Waals surface area contributed by atoms with Gasteiger partial charge in [-0.1, -0.05) is 32.8 Å². The molecule has 1 spiro atoms. The molecule has 12 atom stereocenters. The molecule has 6 aliphatic rings. The quantitative estimate of drug-likeness (QED) is 0.314. The molecular formula is C27H41N3O4. The molecular weight excluding hydrogens is 430 g/mol. The van der Waals surface area contributed by atoms with Crippen LogP contribution in [0.25, 0.3) is 10.4 Å². The minimum absolute atomic E-state index is 0.0227. The van der Waals surface area contributed by atoms with E-state index in [9.17, 15) is 9.90 Å². The van der Waals surface area contributed by atoms with Gasteiger partial charge in [-0.25, -0.2) is 0 Å². The number of carbonyl (C=O) groups is 1. The highest BCUT2D eigenvalue weighted by atomic mass is 16.7. The first-order valence-electron chi connectivity index (χ1n) is 13.7. The smallest absolute Gasteiger partial charge is 0.171 e. The summed E-state index contributed by atoms with van der Waals surface area (Å²) in [6.07, 6.45) is 7.79. The number of hydrogen-bond acceptors (Lipinski definition) is 5. The lowest BCUT2D eigenvalue weighted by molar-refractivity contribution is -0.273. The Balaban J connectivity index is 1.29. The first-order chi connectivity index (χ1) is 16.1. The average molecular weight is 472 g/mol. The number of azide groups is 1. The van der Waals surface area contributed by atoms with Gasteiger partial charge in [0.25, 0.3) is 0 Å². The molecule has 1 N–H and O–H groups in total. The molecule has 4 aliphatic carbocycles. The summed E-state index contributed by atoms with van der Waals surface area (Å²) in [5, 5.41) is 15.7. The molecule has 0 aromatic heterocycles. The Hall–Kier alpha value is -1.14. The highest BCUT2D eigenvalue weighted by Crippen LogP contribution is 2.71. The molecule has 0 radical (unpaired) electrons. The summed E-state index contributed by atoms with van der Waals surface area (Å²) in [5.41, 5.74) is 7.26. The summed E-state index contributed by atoms with van der Waals surface area (Å²) in [5.74, 6) is 2.07. The number of rotatable bonds is 1. The number of Topliss-reactive ketones (excluding diaryl/α,β-unsaturated/α-hetero) is 1. The predicted molar refractivity (Wildman–Crippen MR) is 127 cm³/mol. The number of nitrogens with zero attached hydrogens (tertiary/aromatic N) is 3. The van der Waals surface area contributed by atoms with Crippen LogP contribution in [0.2, 0.25) is 0 Å². The van der Waals surface area contributed by atoms with Crippen LogP contribution in [0, 0.1) is 46.3 Å². The van der Waals surface area contributed by atoms with Crippen LogP contribution < -0.4 is 0 Å². The molecule has 0 amide bonds. The van der Waals surface area contributed by atoms with Gasteiger partial charge in [0.1, 0.15) is 5.60 Å². The van der Waals surface area contributed by atoms with Gasteiger partial charge in [0.05, 0.1) is 12.7 Å². The number of fused-ring (bicyclic) bond motifs is 7. The molecule has 34 heavy (non-hydrogen) atoms. The minimum Gasteiger partial charge on any atom is -0.381 e. The third-order valence-electron chi connectivity index (χ3n) is 12.1. The Morgan fingerprint density at radius 2 is 1.91 bits per heavy atom. The van der Waals surface area contributed by atoms with Crippen molar-refractivity contribution in [1.82, 2.24) is 0 Å². The molecule has 0 aromatic carbocycles. The van der Waals surface area contributed by atoms with E-state index in [0.717, 1.165) is 51.6 Å². The maximum atomic E-state index is 13.6. The molecule has 0 bridgehead atoms. The summed E-state index contributed by atoms with van der Waals surface area (Å²) in [6, 6.07) is -0.285. The van der Waals surface area contributed by atoms with Gasteiger partial charge in [0.15, 0.2) is 11.6 Å². The highest BCUT2D eigenvalue weighted by molar-refractivity contribution is 5.89. The van der Waals surface area contributed by atoms with Gasteiger partial charge in [-0.3, -0.25) is 4.79 Å². The third-order valence-corrected chi connectivity index (χ3v) is 12.1. The maximum absolute atomic E-state index is 13.6. The lowest BCUT2D eigenvalue weighted by Crippen LogP contribution is -2.67. The number of hydrogen-bond donors (Lipinski definition) is 1. The molecule has 2 heterocycles. The van der Waals surface area contributed by atoms with Gasteiger partial charge in [-0.05, 0) is 85.5 Å². The Morgan fingerprint density at radius 3 is 2.62 bits per heavy atom. The molecule has 2 saturated heterocycles. The summed E-state index contributed by atoms with van der Waals surface area (Å²) in [6.45, 7) is 10.0. The zero-order chi connectivity index (χ0) is 24.1. The fourth-order valence-corrected chi connectivity index (χ4v) is 10.2. The number of aliphatic hydroxyl groups is 1. The van der Waals surface area contributed by atoms with Crippen LogP contribution in [-0.2, 0) is 14.3 Å². The fraction of sp³-hybridized carbons (Fsp3) is 0.963. The zero-order valence-electron chi connectivity index (χ0n) is 21.2. The Morgan fingerprint density at radius 1 is 1.12 bits per heavy atom. The molecule has 6 rings (SSSR count). The van der Waals surface area contributed by atoms with Crippen molar-refractivity contribution in [2.24, 2.45) is 51.5 Å². The van der Waals surface area contributed by atoms with Crippen molar-refractivity contribution >= 4 is 5.78 Å². The van der Waals surface area contributed by atoms with Crippen LogP contribution in [0.15, 0.2) is 5.11 Å². The Kier molecular flexibility index (Phi) is 5.09. The Bertz CT molecular complexity index is 927. The van der Waals surface area contributed by atoms with Gasteiger partial charge in [-0.2, -0.15) is 0 Å². The number of ketones is 1. The molecule has 7 nitrogen and oxygen atoms in total. The molecule has 2 aliphatic heterocycles. The molecule has 4 saturated carbocycles. The molecule has 188 valence electrons. The van der Waals surface area contributed by atoms with E-state index in [-0.39, 0.29) is 29.8 Å². The fourth-order valence-electron chi connectivity index (χ4n) is 10.2. The van der Waals surface area contributed by atoms with Crippen molar-refractivity contribution in [3.8, 4) is 0 Å². The van der Waals surface area contributed by atoms with Crippen molar-refractivity contribution in [2.45, 2.75) is 109 Å². The number of carbonyl (C=O) groups excluding carboxylic acids is 1. The molecule has 7 heteroatoms. The summed E-state index contributed by atoms with van der Waals surface area (Å²) >= 11 is 0. The summed E-state index contributed by atoms with van der Waals surface area (Å²) in [7, 11) is 0. The van der Waals surface area contributed by atoms with E-state index < -0.39 is 16.8 Å². The summed E-state index contributed by atoms with van der Waals surface area (Å²) < 4.78 is 13.2. The van der Waals surface area contributed by atoms with Crippen LogP contribution in [0.5, 0.6) is 0 Å². The van der Waals surface area contributed by atoms with Crippen LogP contribution in [0.1, 0.15) is 85.5 Å². The average Bonchev–Trinajstić information content (AvgIpc) is 3.23. The van der Waals surface area contributed by atoms with Crippen molar-refractivity contribution in [1.29, 1.82) is 0 Å². The van der Waals surface area contributed by atoms with E-state index in [2.05, 4.69) is 37.7 Å². The lowest BCUT2D eigenvalue weighted by Gasteiger charge is -2.63. The van der Waals surface area contributed by atoms with Crippen LogP contribution in [0.4, 0.5) is 0 Å². The van der Waals surface area contributed by atoms with Crippen LogP contribution in [-0.4, -0.2) is 41.0 Å². The van der Waals surface area contributed by atoms with Gasteiger partial charge in [0, 0.05) is 35.1 Å². The summed E-state index contributed by atoms with van der Waals surface area (Å²) in [4.78, 5) is 16.6. The predicted octanol–water partition coefficient (Wildman–Crippen LogP) is 5.41. The van der Waals surface area contributed by atoms with Gasteiger partial charge in [0.2, 0.25) is 0 Å². The van der Waals surface area contributed by atoms with Crippen LogP contribution >= 0.6 is 0 Å². The largest absolute Gasteiger partial charge is 0.381 e. The topological polar surface area (TPSA) is 105 Å². The maximum Gasteiger partial charge on any atom is 0.171 e. The van der Waals surface area contributed by atoms with E-state index in [0.29, 0.717) is 41.9 Å². The monoisotopic (exact) mass is 471 g/mol. The van der Waals surface area contributed by atoms with Crippen LogP contribution in [0.3, 0.4) is 0 Å². The van der Waals surface area contributed by atoms with E-state index >= 15 is 0 Å². The van der Waals surface area contributed by atoms with Gasteiger partial charge >= 0.3 is 0 Å². The highest BCUT2D eigenvalue weighted by Gasteiger charge is 2.72. The second-order valence-corrected chi connectivity index (χ2v) is 13.4. The van der Waals surface area contributed by atoms with Crippen molar-refractivity contribution < 1.29 is 19.4 Å². The Labute approximate surface area is 203 Å².